The van der Waals surface area contributed by atoms with E-state index in [-0.39, 0.29) is 17.6 Å². The fourth-order valence-electron chi connectivity index (χ4n) is 2.55. The molecule has 1 saturated heterocycles. The number of carbonyl (C=O) groups is 2. The molecule has 0 aliphatic carbocycles. The van der Waals surface area contributed by atoms with Crippen molar-refractivity contribution < 1.29 is 14.0 Å². The van der Waals surface area contributed by atoms with Crippen molar-refractivity contribution in [3.05, 3.63) is 60.4 Å². The summed E-state index contributed by atoms with van der Waals surface area (Å²) in [5, 5.41) is 2.66. The molecule has 2 aromatic carbocycles. The summed E-state index contributed by atoms with van der Waals surface area (Å²) in [6.07, 6.45) is 0.473. The largest absolute Gasteiger partial charge is 0.325 e. The van der Waals surface area contributed by atoms with Crippen molar-refractivity contribution in [2.24, 2.45) is 5.92 Å². The van der Waals surface area contributed by atoms with E-state index in [0.717, 1.165) is 5.69 Å². The molecular formula is C17H15FN2O2. The highest BCUT2D eigenvalue weighted by Gasteiger charge is 2.37. The van der Waals surface area contributed by atoms with Gasteiger partial charge in [-0.25, -0.2) is 4.39 Å². The fraction of sp³-hybridized carbons (Fsp3) is 0.176. The van der Waals surface area contributed by atoms with E-state index in [1.54, 1.807) is 4.90 Å². The van der Waals surface area contributed by atoms with E-state index in [0.29, 0.717) is 18.7 Å². The number of halogens is 1. The Bertz CT molecular complexity index is 686. The van der Waals surface area contributed by atoms with Gasteiger partial charge in [-0.2, -0.15) is 0 Å². The molecule has 0 aromatic heterocycles. The van der Waals surface area contributed by atoms with Gasteiger partial charge < -0.3 is 10.2 Å². The van der Waals surface area contributed by atoms with Crippen molar-refractivity contribution in [2.75, 3.05) is 16.8 Å². The second-order valence-corrected chi connectivity index (χ2v) is 5.16. The molecular weight excluding hydrogens is 283 g/mol. The Morgan fingerprint density at radius 3 is 2.45 bits per heavy atom. The average Bonchev–Trinajstić information content (AvgIpc) is 2.92. The summed E-state index contributed by atoms with van der Waals surface area (Å²) in [6, 6.07) is 14.8. The molecule has 112 valence electrons. The Labute approximate surface area is 127 Å². The van der Waals surface area contributed by atoms with Crippen molar-refractivity contribution >= 4 is 23.2 Å². The number of amides is 2. The van der Waals surface area contributed by atoms with Crippen LogP contribution in [0.4, 0.5) is 15.8 Å². The molecule has 4 nitrogen and oxygen atoms in total. The first-order chi connectivity index (χ1) is 10.6. The highest BCUT2D eigenvalue weighted by atomic mass is 19.1. The lowest BCUT2D eigenvalue weighted by Crippen LogP contribution is -2.33. The normalized spacial score (nSPS) is 17.6. The molecule has 1 heterocycles. The molecule has 5 heteroatoms. The molecule has 1 aliphatic rings. The molecule has 22 heavy (non-hydrogen) atoms. The summed E-state index contributed by atoms with van der Waals surface area (Å²) in [6.45, 7) is 0.518. The number of para-hydroxylation sites is 1. The predicted molar refractivity (Wildman–Crippen MR) is 81.9 cm³/mol. The molecule has 2 aromatic rings. The van der Waals surface area contributed by atoms with E-state index >= 15 is 0 Å². The maximum Gasteiger partial charge on any atom is 0.239 e. The van der Waals surface area contributed by atoms with Crippen molar-refractivity contribution in [1.82, 2.24) is 0 Å². The summed E-state index contributed by atoms with van der Waals surface area (Å²) < 4.78 is 12.9. The second-order valence-electron chi connectivity index (χ2n) is 5.16. The van der Waals surface area contributed by atoms with Crippen molar-refractivity contribution in [3.8, 4) is 0 Å². The fourth-order valence-corrected chi connectivity index (χ4v) is 2.55. The first-order valence-corrected chi connectivity index (χ1v) is 7.08. The van der Waals surface area contributed by atoms with E-state index in [1.165, 1.54) is 24.3 Å². The van der Waals surface area contributed by atoms with Crippen molar-refractivity contribution in [2.45, 2.75) is 6.42 Å². The van der Waals surface area contributed by atoms with Crippen LogP contribution in [0, 0.1) is 11.7 Å². The Balaban J connectivity index is 1.69. The molecule has 0 unspecified atom stereocenters. The number of rotatable bonds is 3. The second kappa shape index (κ2) is 5.97. The van der Waals surface area contributed by atoms with Gasteiger partial charge in [0.2, 0.25) is 11.8 Å². The highest BCUT2D eigenvalue weighted by molar-refractivity contribution is 6.13. The lowest BCUT2D eigenvalue weighted by atomic mass is 10.1. The summed E-state index contributed by atoms with van der Waals surface area (Å²) in [5.41, 5.74) is 1.28. The maximum absolute atomic E-state index is 12.9. The molecule has 0 radical (unpaired) electrons. The Hall–Kier alpha value is -2.69. The Kier molecular flexibility index (Phi) is 3.87. The lowest BCUT2D eigenvalue weighted by Gasteiger charge is -2.16. The van der Waals surface area contributed by atoms with Crippen LogP contribution in [0.25, 0.3) is 0 Å². The summed E-state index contributed by atoms with van der Waals surface area (Å²) in [7, 11) is 0. The van der Waals surface area contributed by atoms with Crippen LogP contribution in [-0.4, -0.2) is 18.4 Å². The third-order valence-corrected chi connectivity index (χ3v) is 3.70. The van der Waals surface area contributed by atoms with Gasteiger partial charge in [0.05, 0.1) is 0 Å². The van der Waals surface area contributed by atoms with Gasteiger partial charge in [0.15, 0.2) is 0 Å². The average molecular weight is 298 g/mol. The molecule has 3 rings (SSSR count). The van der Waals surface area contributed by atoms with Gasteiger partial charge >= 0.3 is 0 Å². The minimum atomic E-state index is -0.703. The third kappa shape index (κ3) is 2.83. The number of nitrogens with zero attached hydrogens (tertiary/aromatic N) is 1. The van der Waals surface area contributed by atoms with E-state index in [1.807, 2.05) is 30.3 Å². The smallest absolute Gasteiger partial charge is 0.239 e. The number of carbonyl (C=O) groups excluding carboxylic acids is 2. The van der Waals surface area contributed by atoms with E-state index in [2.05, 4.69) is 5.32 Å². The van der Waals surface area contributed by atoms with Crippen LogP contribution in [0.3, 0.4) is 0 Å². The highest BCUT2D eigenvalue weighted by Crippen LogP contribution is 2.26. The molecule has 1 N–H and O–H groups in total. The van der Waals surface area contributed by atoms with Crippen LogP contribution in [0.1, 0.15) is 6.42 Å². The molecule has 1 aliphatic heterocycles. The van der Waals surface area contributed by atoms with Crippen molar-refractivity contribution in [1.29, 1.82) is 0 Å². The summed E-state index contributed by atoms with van der Waals surface area (Å²) >= 11 is 0. The maximum atomic E-state index is 12.9. The molecule has 0 bridgehead atoms. The van der Waals surface area contributed by atoms with Crippen LogP contribution < -0.4 is 10.2 Å². The number of hydrogen-bond acceptors (Lipinski definition) is 2. The lowest BCUT2D eigenvalue weighted by molar-refractivity contribution is -0.129. The van der Waals surface area contributed by atoms with E-state index < -0.39 is 5.92 Å². The van der Waals surface area contributed by atoms with Gasteiger partial charge in [-0.1, -0.05) is 18.2 Å². The van der Waals surface area contributed by atoms with E-state index in [4.69, 9.17) is 0 Å². The van der Waals surface area contributed by atoms with Gasteiger partial charge in [0, 0.05) is 17.9 Å². The predicted octanol–water partition coefficient (Wildman–Crippen LogP) is 2.82. The van der Waals surface area contributed by atoms with E-state index in [9.17, 15) is 14.0 Å². The van der Waals surface area contributed by atoms with Crippen LogP contribution >= 0.6 is 0 Å². The summed E-state index contributed by atoms with van der Waals surface area (Å²) in [4.78, 5) is 26.3. The van der Waals surface area contributed by atoms with Gasteiger partial charge in [0.1, 0.15) is 11.7 Å². The van der Waals surface area contributed by atoms with Crippen LogP contribution in [-0.2, 0) is 9.59 Å². The standard InChI is InChI=1S/C17H15FN2O2/c18-12-6-8-13(9-7-12)19-16(21)15-10-11-20(17(15)22)14-4-2-1-3-5-14/h1-9,15H,10-11H2,(H,19,21)/t15-/m1/s1. The molecule has 0 spiro atoms. The number of anilines is 2. The molecule has 2 amide bonds. The minimum Gasteiger partial charge on any atom is -0.325 e. The number of benzene rings is 2. The first kappa shape index (κ1) is 14.3. The monoisotopic (exact) mass is 298 g/mol. The van der Waals surface area contributed by atoms with Crippen molar-refractivity contribution in [3.63, 3.8) is 0 Å². The zero-order chi connectivity index (χ0) is 15.5. The number of hydrogen-bond donors (Lipinski definition) is 1. The zero-order valence-electron chi connectivity index (χ0n) is 11.8. The summed E-state index contributed by atoms with van der Waals surface area (Å²) in [5.74, 6) is -1.63. The molecule has 0 saturated carbocycles. The van der Waals surface area contributed by atoms with Crippen LogP contribution in [0.15, 0.2) is 54.6 Å². The van der Waals surface area contributed by atoms with Gasteiger partial charge in [-0.15, -0.1) is 0 Å². The van der Waals surface area contributed by atoms with Gasteiger partial charge in [-0.3, -0.25) is 9.59 Å². The van der Waals surface area contributed by atoms with Gasteiger partial charge in [-0.05, 0) is 42.8 Å². The zero-order valence-corrected chi connectivity index (χ0v) is 11.8. The quantitative estimate of drug-likeness (QED) is 0.886. The number of nitrogens with one attached hydrogen (secondary N) is 1. The Morgan fingerprint density at radius 2 is 1.77 bits per heavy atom. The Morgan fingerprint density at radius 1 is 1.09 bits per heavy atom. The minimum absolute atomic E-state index is 0.203. The van der Waals surface area contributed by atoms with Crippen LogP contribution in [0.2, 0.25) is 0 Å². The van der Waals surface area contributed by atoms with Crippen LogP contribution in [0.5, 0.6) is 0 Å². The van der Waals surface area contributed by atoms with Gasteiger partial charge in [0.25, 0.3) is 0 Å². The third-order valence-electron chi connectivity index (χ3n) is 3.70. The first-order valence-electron chi connectivity index (χ1n) is 7.08. The molecule has 1 atom stereocenters. The SMILES string of the molecule is O=C(Nc1ccc(F)cc1)[C@H]1CCN(c2ccccc2)C1=O. The molecule has 1 fully saturated rings. The topological polar surface area (TPSA) is 49.4 Å².